The topological polar surface area (TPSA) is 64.8 Å². The average Bonchev–Trinajstić information content (AvgIpc) is 2.83. The smallest absolute Gasteiger partial charge is 0.287 e. The summed E-state index contributed by atoms with van der Waals surface area (Å²) in [5, 5.41) is 0. The van der Waals surface area contributed by atoms with Crippen LogP contribution in [-0.4, -0.2) is 20.7 Å². The van der Waals surface area contributed by atoms with Gasteiger partial charge < -0.3 is 0 Å². The molecule has 0 unspecified atom stereocenters. The minimum absolute atomic E-state index is 0.250. The molecule has 0 aliphatic heterocycles. The van der Waals surface area contributed by atoms with E-state index in [-0.39, 0.29) is 6.15 Å². The molecule has 0 saturated heterocycles. The van der Waals surface area contributed by atoms with Gasteiger partial charge >= 0.3 is 6.15 Å². The van der Waals surface area contributed by atoms with Crippen molar-refractivity contribution in [2.75, 3.05) is 0 Å². The Bertz CT molecular complexity index is 617. The SMILES string of the molecule is CCc1cn(-c2ncc(Br)cc2C)c(CC)n1.O=C=O. The van der Waals surface area contributed by atoms with Crippen LogP contribution in [0, 0.1) is 6.92 Å². The van der Waals surface area contributed by atoms with Gasteiger partial charge in [-0.05, 0) is 40.9 Å². The van der Waals surface area contributed by atoms with E-state index in [0.29, 0.717) is 0 Å². The second kappa shape index (κ2) is 7.72. The van der Waals surface area contributed by atoms with E-state index < -0.39 is 0 Å². The molecule has 106 valence electrons. The predicted molar refractivity (Wildman–Crippen MR) is 77.6 cm³/mol. The number of aryl methyl sites for hydroxylation is 3. The van der Waals surface area contributed by atoms with E-state index in [2.05, 4.69) is 63.5 Å². The van der Waals surface area contributed by atoms with Gasteiger partial charge in [-0.15, -0.1) is 0 Å². The van der Waals surface area contributed by atoms with Crippen molar-refractivity contribution in [1.29, 1.82) is 0 Å². The Kier molecular flexibility index (Phi) is 6.28. The zero-order valence-corrected chi connectivity index (χ0v) is 13.3. The molecule has 5 nitrogen and oxygen atoms in total. The molecule has 20 heavy (non-hydrogen) atoms. The molecule has 0 aromatic carbocycles. The van der Waals surface area contributed by atoms with Gasteiger partial charge in [0.05, 0.1) is 5.69 Å². The predicted octanol–water partition coefficient (Wildman–Crippen LogP) is 2.88. The number of nitrogens with zero attached hydrogens (tertiary/aromatic N) is 3. The highest BCUT2D eigenvalue weighted by atomic mass is 79.9. The molecule has 0 N–H and O–H groups in total. The Balaban J connectivity index is 0.000000612. The molecule has 2 rings (SSSR count). The van der Waals surface area contributed by atoms with Gasteiger partial charge in [-0.2, -0.15) is 9.59 Å². The Morgan fingerprint density at radius 1 is 1.30 bits per heavy atom. The lowest BCUT2D eigenvalue weighted by atomic mass is 10.3. The number of imidazole rings is 1. The van der Waals surface area contributed by atoms with Crippen molar-refractivity contribution in [3.05, 3.63) is 40.0 Å². The van der Waals surface area contributed by atoms with Gasteiger partial charge in [0.1, 0.15) is 11.6 Å². The van der Waals surface area contributed by atoms with Crippen LogP contribution in [0.5, 0.6) is 0 Å². The van der Waals surface area contributed by atoms with E-state index in [1.165, 1.54) is 0 Å². The molecule has 0 atom stereocenters. The quantitative estimate of drug-likeness (QED) is 0.863. The standard InChI is InChI=1S/C13H16BrN3.CO2/c1-4-11-8-17(12(5-2)16-11)13-9(3)6-10(14)7-15-13;2-1-3/h6-8H,4-5H2,1-3H3;. The highest BCUT2D eigenvalue weighted by molar-refractivity contribution is 9.10. The first kappa shape index (κ1) is 16.3. The molecule has 0 aliphatic rings. The maximum atomic E-state index is 8.12. The number of aromatic nitrogens is 3. The molecular weight excluding hydrogens is 322 g/mol. The van der Waals surface area contributed by atoms with Crippen LogP contribution in [0.15, 0.2) is 22.9 Å². The van der Waals surface area contributed by atoms with Crippen LogP contribution < -0.4 is 0 Å². The van der Waals surface area contributed by atoms with Crippen LogP contribution in [0.1, 0.15) is 30.9 Å². The molecule has 0 spiro atoms. The summed E-state index contributed by atoms with van der Waals surface area (Å²) in [7, 11) is 0. The fraction of sp³-hybridized carbons (Fsp3) is 0.357. The summed E-state index contributed by atoms with van der Waals surface area (Å²) in [5.41, 5.74) is 2.26. The van der Waals surface area contributed by atoms with Gasteiger partial charge in [0.25, 0.3) is 0 Å². The molecule has 0 bridgehead atoms. The lowest BCUT2D eigenvalue weighted by molar-refractivity contribution is -0.191. The van der Waals surface area contributed by atoms with Crippen molar-refractivity contribution < 1.29 is 9.59 Å². The fourth-order valence-corrected chi connectivity index (χ4v) is 2.31. The highest BCUT2D eigenvalue weighted by Crippen LogP contribution is 2.19. The van der Waals surface area contributed by atoms with Gasteiger partial charge in [-0.1, -0.05) is 13.8 Å². The zero-order chi connectivity index (χ0) is 15.1. The van der Waals surface area contributed by atoms with Crippen molar-refractivity contribution in [3.63, 3.8) is 0 Å². The summed E-state index contributed by atoms with van der Waals surface area (Å²) in [4.78, 5) is 25.3. The largest absolute Gasteiger partial charge is 0.373 e. The van der Waals surface area contributed by atoms with Crippen LogP contribution in [0.25, 0.3) is 5.82 Å². The first-order chi connectivity index (χ1) is 9.57. The van der Waals surface area contributed by atoms with Gasteiger partial charge in [0.2, 0.25) is 0 Å². The van der Waals surface area contributed by atoms with Crippen molar-refractivity contribution in [3.8, 4) is 5.82 Å². The van der Waals surface area contributed by atoms with Crippen LogP contribution in [-0.2, 0) is 22.4 Å². The van der Waals surface area contributed by atoms with Crippen LogP contribution in [0.2, 0.25) is 0 Å². The van der Waals surface area contributed by atoms with Crippen LogP contribution in [0.4, 0.5) is 0 Å². The average molecular weight is 338 g/mol. The lowest BCUT2D eigenvalue weighted by Crippen LogP contribution is -2.03. The minimum atomic E-state index is 0.250. The molecule has 2 aromatic heterocycles. The number of hydrogen-bond donors (Lipinski definition) is 0. The van der Waals surface area contributed by atoms with Crippen LogP contribution in [0.3, 0.4) is 0 Å². The Morgan fingerprint density at radius 2 is 1.95 bits per heavy atom. The summed E-state index contributed by atoms with van der Waals surface area (Å²) in [6.45, 7) is 6.30. The third kappa shape index (κ3) is 3.85. The molecule has 2 heterocycles. The van der Waals surface area contributed by atoms with Crippen molar-refractivity contribution in [2.24, 2.45) is 0 Å². The van der Waals surface area contributed by atoms with Crippen molar-refractivity contribution >= 4 is 22.1 Å². The third-order valence-corrected chi connectivity index (χ3v) is 3.19. The molecule has 2 aromatic rings. The van der Waals surface area contributed by atoms with Crippen molar-refractivity contribution in [2.45, 2.75) is 33.6 Å². The molecule has 0 radical (unpaired) electrons. The fourth-order valence-electron chi connectivity index (χ4n) is 1.86. The minimum Gasteiger partial charge on any atom is -0.287 e. The Labute approximate surface area is 126 Å². The van der Waals surface area contributed by atoms with E-state index >= 15 is 0 Å². The first-order valence-electron chi connectivity index (χ1n) is 6.26. The monoisotopic (exact) mass is 337 g/mol. The number of halogens is 1. The summed E-state index contributed by atoms with van der Waals surface area (Å²) >= 11 is 3.44. The van der Waals surface area contributed by atoms with E-state index in [1.807, 2.05) is 6.20 Å². The second-order valence-electron chi connectivity index (χ2n) is 4.10. The summed E-state index contributed by atoms with van der Waals surface area (Å²) < 4.78 is 3.10. The van der Waals surface area contributed by atoms with Gasteiger partial charge in [0.15, 0.2) is 0 Å². The normalized spacial score (nSPS) is 9.60. The Morgan fingerprint density at radius 3 is 2.45 bits per heavy atom. The molecule has 0 fully saturated rings. The van der Waals surface area contributed by atoms with Crippen LogP contribution >= 0.6 is 15.9 Å². The van der Waals surface area contributed by atoms with Gasteiger partial charge in [0, 0.05) is 23.3 Å². The molecule has 0 aliphatic carbocycles. The lowest BCUT2D eigenvalue weighted by Gasteiger charge is -2.08. The molecule has 6 heteroatoms. The van der Waals surface area contributed by atoms with E-state index in [9.17, 15) is 0 Å². The molecular formula is C14H16BrN3O2. The van der Waals surface area contributed by atoms with E-state index in [1.54, 1.807) is 0 Å². The second-order valence-corrected chi connectivity index (χ2v) is 5.02. The highest BCUT2D eigenvalue weighted by Gasteiger charge is 2.10. The maximum absolute atomic E-state index is 8.12. The number of pyridine rings is 1. The summed E-state index contributed by atoms with van der Waals surface area (Å²) in [6.07, 6.45) is 6.03. The number of hydrogen-bond acceptors (Lipinski definition) is 4. The molecule has 0 amide bonds. The van der Waals surface area contributed by atoms with Gasteiger partial charge in [-0.3, -0.25) is 4.57 Å². The number of carbonyl (C=O) groups excluding carboxylic acids is 2. The third-order valence-electron chi connectivity index (χ3n) is 2.75. The van der Waals surface area contributed by atoms with E-state index in [4.69, 9.17) is 9.59 Å². The zero-order valence-electron chi connectivity index (χ0n) is 11.7. The van der Waals surface area contributed by atoms with Gasteiger partial charge in [-0.25, -0.2) is 9.97 Å². The van der Waals surface area contributed by atoms with Crippen molar-refractivity contribution in [1.82, 2.24) is 14.5 Å². The Hall–Kier alpha value is -1.78. The maximum Gasteiger partial charge on any atom is 0.373 e. The van der Waals surface area contributed by atoms with E-state index in [0.717, 1.165) is 40.2 Å². The number of rotatable bonds is 3. The first-order valence-corrected chi connectivity index (χ1v) is 7.05. The molecule has 0 saturated carbocycles. The summed E-state index contributed by atoms with van der Waals surface area (Å²) in [6, 6.07) is 2.08. The summed E-state index contributed by atoms with van der Waals surface area (Å²) in [5.74, 6) is 2.04.